The van der Waals surface area contributed by atoms with Crippen molar-refractivity contribution in [3.05, 3.63) is 45.0 Å². The maximum absolute atomic E-state index is 11.5. The zero-order chi connectivity index (χ0) is 14.4. The van der Waals surface area contributed by atoms with E-state index in [9.17, 15) is 4.79 Å². The minimum absolute atomic E-state index is 0.0640. The van der Waals surface area contributed by atoms with Crippen LogP contribution < -0.4 is 0 Å². The molecule has 0 atom stereocenters. The molecular weight excluding hydrogens is 315 g/mol. The summed E-state index contributed by atoms with van der Waals surface area (Å²) in [6, 6.07) is 5.42. The fraction of sp³-hybridized carbons (Fsp3) is 0.143. The van der Waals surface area contributed by atoms with Crippen molar-refractivity contribution in [2.24, 2.45) is 0 Å². The van der Waals surface area contributed by atoms with Gasteiger partial charge in [-0.1, -0.05) is 40.6 Å². The van der Waals surface area contributed by atoms with Crippen molar-refractivity contribution in [2.75, 3.05) is 0 Å². The van der Waals surface area contributed by atoms with Crippen LogP contribution in [-0.4, -0.2) is 15.2 Å². The van der Waals surface area contributed by atoms with E-state index in [4.69, 9.17) is 23.2 Å². The first-order valence-corrected chi connectivity index (χ1v) is 7.49. The summed E-state index contributed by atoms with van der Waals surface area (Å²) in [6.07, 6.45) is 1.91. The fourth-order valence-electron chi connectivity index (χ4n) is 2.07. The summed E-state index contributed by atoms with van der Waals surface area (Å²) in [5.41, 5.74) is 2.63. The Kier molecular flexibility index (Phi) is 3.32. The maximum atomic E-state index is 11.5. The lowest BCUT2D eigenvalue weighted by Crippen LogP contribution is -1.92. The molecule has 0 amide bonds. The molecule has 0 radical (unpaired) electrons. The van der Waals surface area contributed by atoms with Gasteiger partial charge >= 0.3 is 0 Å². The molecule has 3 rings (SSSR count). The second-order valence-electron chi connectivity index (χ2n) is 4.48. The van der Waals surface area contributed by atoms with Gasteiger partial charge in [0.15, 0.2) is 10.7 Å². The molecule has 0 fully saturated rings. The van der Waals surface area contributed by atoms with E-state index >= 15 is 0 Å². The fourth-order valence-corrected chi connectivity index (χ4v) is 3.37. The summed E-state index contributed by atoms with van der Waals surface area (Å²) in [5, 5.41) is 1.02. The predicted molar refractivity (Wildman–Crippen MR) is 83.3 cm³/mol. The summed E-state index contributed by atoms with van der Waals surface area (Å²) in [7, 11) is 0. The molecule has 6 heteroatoms. The molecule has 0 aliphatic carbocycles. The highest BCUT2D eigenvalue weighted by Crippen LogP contribution is 2.30. The Morgan fingerprint density at radius 1 is 1.30 bits per heavy atom. The Bertz CT molecular complexity index is 835. The number of rotatable bonds is 2. The van der Waals surface area contributed by atoms with E-state index in [1.54, 1.807) is 19.1 Å². The van der Waals surface area contributed by atoms with Gasteiger partial charge in [0, 0.05) is 24.4 Å². The predicted octanol–water partition coefficient (Wildman–Crippen LogP) is 4.88. The highest BCUT2D eigenvalue weighted by molar-refractivity contribution is 7.19. The summed E-state index contributed by atoms with van der Waals surface area (Å²) in [4.78, 5) is 17.6. The zero-order valence-electron chi connectivity index (χ0n) is 10.8. The third-order valence-electron chi connectivity index (χ3n) is 3.09. The van der Waals surface area contributed by atoms with E-state index in [2.05, 4.69) is 4.98 Å². The molecule has 102 valence electrons. The second-order valence-corrected chi connectivity index (χ2v) is 6.27. The smallest absolute Gasteiger partial charge is 0.195 e. The third-order valence-corrected chi connectivity index (χ3v) is 5.09. The average molecular weight is 325 g/mol. The number of Topliss-reactive ketones (excluding diaryl/α,β-unsaturated/α-hetero) is 1. The Balaban J connectivity index is 2.14. The first-order valence-electron chi connectivity index (χ1n) is 5.92. The number of fused-ring (bicyclic) bond motifs is 1. The van der Waals surface area contributed by atoms with Gasteiger partial charge in [0.2, 0.25) is 0 Å². The summed E-state index contributed by atoms with van der Waals surface area (Å²) >= 11 is 13.3. The third kappa shape index (κ3) is 2.14. The lowest BCUT2D eigenvalue weighted by atomic mass is 10.2. The molecule has 0 saturated carbocycles. The normalized spacial score (nSPS) is 11.2. The van der Waals surface area contributed by atoms with Crippen LogP contribution in [0.3, 0.4) is 0 Å². The average Bonchev–Trinajstić information content (AvgIpc) is 2.93. The molecular formula is C14H10Cl2N2OS. The van der Waals surface area contributed by atoms with Gasteiger partial charge in [0.05, 0.1) is 20.6 Å². The van der Waals surface area contributed by atoms with Gasteiger partial charge in [-0.05, 0) is 19.1 Å². The van der Waals surface area contributed by atoms with Crippen LogP contribution in [0.5, 0.6) is 0 Å². The summed E-state index contributed by atoms with van der Waals surface area (Å²) in [6.45, 7) is 3.48. The Morgan fingerprint density at radius 3 is 2.65 bits per heavy atom. The van der Waals surface area contributed by atoms with Crippen LogP contribution in [0.1, 0.15) is 22.3 Å². The van der Waals surface area contributed by atoms with Gasteiger partial charge in [-0.3, -0.25) is 9.20 Å². The monoisotopic (exact) mass is 324 g/mol. The van der Waals surface area contributed by atoms with Gasteiger partial charge in [-0.15, -0.1) is 0 Å². The van der Waals surface area contributed by atoms with E-state index in [0.717, 1.165) is 26.8 Å². The first-order chi connectivity index (χ1) is 9.47. The topological polar surface area (TPSA) is 34.4 Å². The van der Waals surface area contributed by atoms with Crippen LogP contribution in [0.4, 0.5) is 0 Å². The number of carbonyl (C=O) groups is 1. The molecule has 0 N–H and O–H groups in total. The number of nitrogens with zero attached hydrogens (tertiary/aromatic N) is 2. The first kappa shape index (κ1) is 13.6. The Hall–Kier alpha value is -1.36. The second kappa shape index (κ2) is 4.88. The summed E-state index contributed by atoms with van der Waals surface area (Å²) < 4.78 is 1.93. The number of halogens is 2. The van der Waals surface area contributed by atoms with Gasteiger partial charge in [-0.2, -0.15) is 0 Å². The minimum Gasteiger partial charge on any atom is -0.294 e. The van der Waals surface area contributed by atoms with E-state index in [0.29, 0.717) is 10.0 Å². The number of aryl methyl sites for hydroxylation is 1. The number of benzene rings is 1. The minimum atomic E-state index is 0.0640. The van der Waals surface area contributed by atoms with E-state index < -0.39 is 0 Å². The van der Waals surface area contributed by atoms with E-state index in [1.165, 1.54) is 11.3 Å². The highest BCUT2D eigenvalue weighted by atomic mass is 35.5. The van der Waals surface area contributed by atoms with Crippen molar-refractivity contribution in [1.82, 2.24) is 9.38 Å². The summed E-state index contributed by atoms with van der Waals surface area (Å²) in [5.74, 6) is 0.0640. The van der Waals surface area contributed by atoms with E-state index in [1.807, 2.05) is 23.6 Å². The van der Waals surface area contributed by atoms with Crippen molar-refractivity contribution >= 4 is 45.3 Å². The standard InChI is InChI=1S/C14H10Cl2N2OS/c1-7-13(8(2)19)20-14-17-12(6-18(7)14)9-3-4-10(15)11(16)5-9/h3-6H,1-2H3. The number of thiazole rings is 1. The highest BCUT2D eigenvalue weighted by Gasteiger charge is 2.15. The number of carbonyl (C=O) groups excluding carboxylic acids is 1. The molecule has 0 bridgehead atoms. The largest absolute Gasteiger partial charge is 0.294 e. The molecule has 0 aliphatic heterocycles. The van der Waals surface area contributed by atoms with Gasteiger partial charge in [-0.25, -0.2) is 4.98 Å². The van der Waals surface area contributed by atoms with Crippen LogP contribution >= 0.6 is 34.5 Å². The van der Waals surface area contributed by atoms with Crippen LogP contribution in [0.15, 0.2) is 24.4 Å². The molecule has 0 saturated heterocycles. The molecule has 2 heterocycles. The van der Waals surface area contributed by atoms with Crippen LogP contribution in [0.25, 0.3) is 16.2 Å². The molecule has 0 aliphatic rings. The van der Waals surface area contributed by atoms with Crippen molar-refractivity contribution in [3.63, 3.8) is 0 Å². The zero-order valence-corrected chi connectivity index (χ0v) is 13.1. The molecule has 3 aromatic rings. The van der Waals surface area contributed by atoms with Crippen molar-refractivity contribution in [2.45, 2.75) is 13.8 Å². The number of hydrogen-bond donors (Lipinski definition) is 0. The van der Waals surface area contributed by atoms with Gasteiger partial charge < -0.3 is 0 Å². The molecule has 0 unspecified atom stereocenters. The molecule has 20 heavy (non-hydrogen) atoms. The van der Waals surface area contributed by atoms with Gasteiger partial charge in [0.25, 0.3) is 0 Å². The van der Waals surface area contributed by atoms with Crippen molar-refractivity contribution in [3.8, 4) is 11.3 Å². The lowest BCUT2D eigenvalue weighted by molar-refractivity contribution is 0.102. The van der Waals surface area contributed by atoms with Crippen LogP contribution in [0.2, 0.25) is 10.0 Å². The number of ketones is 1. The Morgan fingerprint density at radius 2 is 2.05 bits per heavy atom. The quantitative estimate of drug-likeness (QED) is 0.629. The molecule has 0 spiro atoms. The molecule has 1 aromatic carbocycles. The van der Waals surface area contributed by atoms with Crippen LogP contribution in [-0.2, 0) is 0 Å². The number of hydrogen-bond acceptors (Lipinski definition) is 3. The lowest BCUT2D eigenvalue weighted by Gasteiger charge is -1.99. The Labute approximate surface area is 129 Å². The van der Waals surface area contributed by atoms with Gasteiger partial charge in [0.1, 0.15) is 0 Å². The van der Waals surface area contributed by atoms with Crippen LogP contribution in [0, 0.1) is 6.92 Å². The maximum Gasteiger partial charge on any atom is 0.195 e. The number of imidazole rings is 1. The molecule has 3 nitrogen and oxygen atoms in total. The van der Waals surface area contributed by atoms with Crippen molar-refractivity contribution in [1.29, 1.82) is 0 Å². The SMILES string of the molecule is CC(=O)c1sc2nc(-c3ccc(Cl)c(Cl)c3)cn2c1C. The van der Waals surface area contributed by atoms with Crippen molar-refractivity contribution < 1.29 is 4.79 Å². The van der Waals surface area contributed by atoms with E-state index in [-0.39, 0.29) is 5.78 Å². The number of aromatic nitrogens is 2. The molecule has 2 aromatic heterocycles.